The van der Waals surface area contributed by atoms with Crippen molar-refractivity contribution < 1.29 is 19.1 Å². The zero-order chi connectivity index (χ0) is 24.4. The second-order valence-electron chi connectivity index (χ2n) is 9.11. The van der Waals surface area contributed by atoms with Crippen LogP contribution >= 0.6 is 0 Å². The Kier molecular flexibility index (Phi) is 6.77. The number of methoxy groups -OCH3 is 1. The zero-order valence-electron chi connectivity index (χ0n) is 20.2. The Bertz CT molecular complexity index is 1240. The summed E-state index contributed by atoms with van der Waals surface area (Å²) in [4.78, 5) is 46.2. The van der Waals surface area contributed by atoms with Crippen LogP contribution in [0, 0.1) is 26.7 Å². The number of rotatable bonds is 6. The molecule has 0 aliphatic carbocycles. The van der Waals surface area contributed by atoms with Crippen molar-refractivity contribution in [3.8, 4) is 0 Å². The number of esters is 1. The molecule has 1 atom stereocenters. The summed E-state index contributed by atoms with van der Waals surface area (Å²) in [6, 6.07) is 6.30. The molecule has 1 unspecified atom stereocenters. The molecule has 1 saturated heterocycles. The van der Waals surface area contributed by atoms with Gasteiger partial charge in [0.05, 0.1) is 18.6 Å². The maximum absolute atomic E-state index is 13.2. The highest BCUT2D eigenvalue weighted by atomic mass is 16.5. The van der Waals surface area contributed by atoms with Crippen LogP contribution in [0.2, 0.25) is 0 Å². The summed E-state index contributed by atoms with van der Waals surface area (Å²) in [5, 5.41) is 4.24. The minimum absolute atomic E-state index is 0.0249. The third-order valence-electron chi connectivity index (χ3n) is 6.74. The summed E-state index contributed by atoms with van der Waals surface area (Å²) in [5.41, 5.74) is 5.44. The number of fused-ring (bicyclic) bond motifs is 1. The highest BCUT2D eigenvalue weighted by molar-refractivity contribution is 6.00. The largest absolute Gasteiger partial charge is 0.465 e. The monoisotopic (exact) mass is 464 g/mol. The second-order valence-corrected chi connectivity index (χ2v) is 9.11. The number of aromatic nitrogens is 2. The van der Waals surface area contributed by atoms with Crippen LogP contribution < -0.4 is 5.32 Å². The van der Waals surface area contributed by atoms with Crippen LogP contribution in [-0.4, -0.2) is 59.4 Å². The Morgan fingerprint density at radius 3 is 2.76 bits per heavy atom. The summed E-state index contributed by atoms with van der Waals surface area (Å²) in [6.07, 6.45) is 4.24. The number of piperidine rings is 1. The topological polar surface area (TPSA) is 107 Å². The van der Waals surface area contributed by atoms with E-state index in [2.05, 4.69) is 40.4 Å². The van der Waals surface area contributed by atoms with E-state index in [0.717, 1.165) is 24.8 Å². The number of carbonyl (C=O) groups excluding carboxylic acids is 3. The molecular formula is C26H32N4O4. The van der Waals surface area contributed by atoms with E-state index < -0.39 is 5.97 Å². The first-order valence-electron chi connectivity index (χ1n) is 11.7. The van der Waals surface area contributed by atoms with E-state index in [0.29, 0.717) is 42.1 Å². The predicted molar refractivity (Wildman–Crippen MR) is 130 cm³/mol. The lowest BCUT2D eigenvalue weighted by Crippen LogP contribution is -2.46. The van der Waals surface area contributed by atoms with E-state index >= 15 is 0 Å². The first-order valence-corrected chi connectivity index (χ1v) is 11.7. The lowest BCUT2D eigenvalue weighted by Gasteiger charge is -2.32. The van der Waals surface area contributed by atoms with E-state index in [4.69, 9.17) is 4.74 Å². The maximum atomic E-state index is 13.2. The summed E-state index contributed by atoms with van der Waals surface area (Å²) in [6.45, 7) is 7.05. The van der Waals surface area contributed by atoms with Gasteiger partial charge in [-0.1, -0.05) is 11.6 Å². The van der Waals surface area contributed by atoms with Gasteiger partial charge in [-0.3, -0.25) is 9.59 Å². The predicted octanol–water partition coefficient (Wildman–Crippen LogP) is 3.42. The van der Waals surface area contributed by atoms with Crippen molar-refractivity contribution in [3.63, 3.8) is 0 Å². The molecule has 1 aliphatic heterocycles. The first kappa shape index (κ1) is 23.6. The van der Waals surface area contributed by atoms with E-state index in [9.17, 15) is 14.4 Å². The Morgan fingerprint density at radius 1 is 1.21 bits per heavy atom. The van der Waals surface area contributed by atoms with Gasteiger partial charge in [-0.15, -0.1) is 0 Å². The molecule has 0 saturated carbocycles. The van der Waals surface area contributed by atoms with Gasteiger partial charge in [-0.05, 0) is 63.3 Å². The van der Waals surface area contributed by atoms with Gasteiger partial charge in [0.1, 0.15) is 5.69 Å². The second kappa shape index (κ2) is 9.75. The molecule has 0 spiro atoms. The number of nitrogens with zero attached hydrogens (tertiary/aromatic N) is 1. The highest BCUT2D eigenvalue weighted by Gasteiger charge is 2.31. The van der Waals surface area contributed by atoms with E-state index in [1.54, 1.807) is 18.7 Å². The Labute approximate surface area is 199 Å². The third-order valence-corrected chi connectivity index (χ3v) is 6.74. The molecule has 2 amide bonds. The summed E-state index contributed by atoms with van der Waals surface area (Å²) in [5.74, 6) is -0.934. The third kappa shape index (κ3) is 4.58. The molecule has 3 heterocycles. The average Bonchev–Trinajstić information content (AvgIpc) is 3.37. The van der Waals surface area contributed by atoms with Gasteiger partial charge >= 0.3 is 5.97 Å². The van der Waals surface area contributed by atoms with Crippen LogP contribution in [0.3, 0.4) is 0 Å². The summed E-state index contributed by atoms with van der Waals surface area (Å²) >= 11 is 0. The van der Waals surface area contributed by atoms with Crippen LogP contribution in [-0.2, 0) is 16.0 Å². The van der Waals surface area contributed by atoms with E-state index in [1.165, 1.54) is 23.6 Å². The fraction of sp³-hybridized carbons (Fsp3) is 0.423. The number of likely N-dealkylation sites (tertiary alicyclic amines) is 1. The summed E-state index contributed by atoms with van der Waals surface area (Å²) in [7, 11) is 1.32. The van der Waals surface area contributed by atoms with Crippen molar-refractivity contribution in [2.75, 3.05) is 26.7 Å². The van der Waals surface area contributed by atoms with Crippen molar-refractivity contribution in [3.05, 3.63) is 58.0 Å². The number of aromatic amines is 2. The zero-order valence-corrected chi connectivity index (χ0v) is 20.2. The molecule has 0 bridgehead atoms. The fourth-order valence-electron chi connectivity index (χ4n) is 4.87. The van der Waals surface area contributed by atoms with Crippen LogP contribution in [0.15, 0.2) is 24.4 Å². The van der Waals surface area contributed by atoms with Crippen molar-refractivity contribution in [1.82, 2.24) is 20.2 Å². The van der Waals surface area contributed by atoms with Gasteiger partial charge in [0, 0.05) is 42.4 Å². The van der Waals surface area contributed by atoms with Crippen molar-refractivity contribution in [2.24, 2.45) is 5.92 Å². The molecule has 3 aromatic rings. The molecule has 0 radical (unpaired) electrons. The highest BCUT2D eigenvalue weighted by Crippen LogP contribution is 2.24. The molecular weight excluding hydrogens is 432 g/mol. The lowest BCUT2D eigenvalue weighted by molar-refractivity contribution is -0.126. The van der Waals surface area contributed by atoms with E-state index in [-0.39, 0.29) is 17.7 Å². The number of hydrogen-bond donors (Lipinski definition) is 3. The molecule has 4 rings (SSSR count). The van der Waals surface area contributed by atoms with Gasteiger partial charge in [0.25, 0.3) is 5.91 Å². The average molecular weight is 465 g/mol. The smallest absolute Gasteiger partial charge is 0.339 e. The lowest BCUT2D eigenvalue weighted by atomic mass is 9.96. The van der Waals surface area contributed by atoms with Crippen molar-refractivity contribution in [1.29, 1.82) is 0 Å². The van der Waals surface area contributed by atoms with Crippen LogP contribution in [0.25, 0.3) is 10.9 Å². The van der Waals surface area contributed by atoms with Crippen molar-refractivity contribution in [2.45, 2.75) is 40.0 Å². The summed E-state index contributed by atoms with van der Waals surface area (Å²) < 4.78 is 4.84. The van der Waals surface area contributed by atoms with Gasteiger partial charge in [-0.2, -0.15) is 0 Å². The SMILES string of the molecule is COC(=O)c1c(C)[nH]c(C(=O)N2CCCC(C(=O)NCCc3c[nH]c4ccc(C)cc34)C2)c1C. The molecule has 3 N–H and O–H groups in total. The molecule has 8 nitrogen and oxygen atoms in total. The number of hydrogen-bond acceptors (Lipinski definition) is 4. The van der Waals surface area contributed by atoms with Crippen LogP contribution in [0.5, 0.6) is 0 Å². The normalized spacial score (nSPS) is 16.0. The number of aryl methyl sites for hydroxylation is 2. The maximum Gasteiger partial charge on any atom is 0.339 e. The number of carbonyl (C=O) groups is 3. The first-order chi connectivity index (χ1) is 16.3. The minimum atomic E-state index is -0.466. The molecule has 1 aliphatic rings. The molecule has 34 heavy (non-hydrogen) atoms. The Balaban J connectivity index is 1.37. The number of benzene rings is 1. The Hall–Kier alpha value is -3.55. The molecule has 8 heteroatoms. The van der Waals surface area contributed by atoms with Gasteiger partial charge in [0.2, 0.25) is 5.91 Å². The number of ether oxygens (including phenoxy) is 1. The van der Waals surface area contributed by atoms with Gasteiger partial charge < -0.3 is 24.9 Å². The molecule has 2 aromatic heterocycles. The van der Waals surface area contributed by atoms with Gasteiger partial charge in [-0.25, -0.2) is 4.79 Å². The number of H-pyrrole nitrogens is 2. The van der Waals surface area contributed by atoms with Crippen molar-refractivity contribution >= 4 is 28.7 Å². The standard InChI is InChI=1S/C26H32N4O4/c1-15-7-8-21-20(12-15)18(13-28-21)9-10-27-24(31)19-6-5-11-30(14-19)25(32)23-16(2)22(17(3)29-23)26(33)34-4/h7-8,12-13,19,28-29H,5-6,9-11,14H2,1-4H3,(H,27,31). The minimum Gasteiger partial charge on any atom is -0.465 e. The molecule has 180 valence electrons. The number of amides is 2. The van der Waals surface area contributed by atoms with Crippen LogP contribution in [0.4, 0.5) is 0 Å². The fourth-order valence-corrected chi connectivity index (χ4v) is 4.87. The van der Waals surface area contributed by atoms with Gasteiger partial charge in [0.15, 0.2) is 0 Å². The Morgan fingerprint density at radius 2 is 2.00 bits per heavy atom. The molecule has 1 aromatic carbocycles. The van der Waals surface area contributed by atoms with E-state index in [1.807, 2.05) is 6.20 Å². The number of nitrogens with one attached hydrogen (secondary N) is 3. The van der Waals surface area contributed by atoms with Crippen LogP contribution in [0.1, 0.15) is 56.1 Å². The molecule has 1 fully saturated rings. The quantitative estimate of drug-likeness (QED) is 0.486.